The van der Waals surface area contributed by atoms with E-state index >= 15 is 0 Å². The van der Waals surface area contributed by atoms with Crippen LogP contribution in [0.5, 0.6) is 0 Å². The molecular formula is C26H32ClN3O5S. The fourth-order valence-electron chi connectivity index (χ4n) is 4.99. The minimum absolute atomic E-state index is 0.00455. The second-order valence-corrected chi connectivity index (χ2v) is 11.8. The zero-order valence-corrected chi connectivity index (χ0v) is 22.2. The fraction of sp³-hybridized carbons (Fsp3) is 0.500. The monoisotopic (exact) mass is 533 g/mol. The number of ketones is 1. The first-order chi connectivity index (χ1) is 17.1. The number of piperidine rings is 1. The Bertz CT molecular complexity index is 1280. The first-order valence-corrected chi connectivity index (χ1v) is 14.3. The zero-order valence-electron chi connectivity index (χ0n) is 20.7. The molecule has 0 saturated carbocycles. The number of halogens is 1. The molecule has 194 valence electrons. The summed E-state index contributed by atoms with van der Waals surface area (Å²) in [5, 5.41) is 2.01. The van der Waals surface area contributed by atoms with E-state index in [4.69, 9.17) is 11.6 Å². The van der Waals surface area contributed by atoms with Crippen molar-refractivity contribution in [1.82, 2.24) is 14.1 Å². The predicted molar refractivity (Wildman–Crippen MR) is 138 cm³/mol. The number of nitrogens with zero attached hydrogens (tertiary/aromatic N) is 3. The molecule has 2 aliphatic rings. The van der Waals surface area contributed by atoms with Crippen molar-refractivity contribution in [2.45, 2.75) is 62.9 Å². The Morgan fingerprint density at radius 2 is 1.72 bits per heavy atom. The van der Waals surface area contributed by atoms with Gasteiger partial charge >= 0.3 is 0 Å². The van der Waals surface area contributed by atoms with Crippen molar-refractivity contribution in [2.75, 3.05) is 26.2 Å². The number of fused-ring (bicyclic) bond motifs is 1. The number of amides is 2. The predicted octanol–water partition coefficient (Wildman–Crippen LogP) is 3.46. The van der Waals surface area contributed by atoms with E-state index in [1.165, 1.54) is 17.0 Å². The van der Waals surface area contributed by atoms with Crippen LogP contribution in [0.4, 0.5) is 0 Å². The lowest BCUT2D eigenvalue weighted by molar-refractivity contribution is -0.144. The number of Topliss-reactive ketones (excluding diaryl/α,β-unsaturated/α-hetero) is 1. The van der Waals surface area contributed by atoms with Gasteiger partial charge in [-0.1, -0.05) is 30.7 Å². The molecule has 0 radical (unpaired) electrons. The van der Waals surface area contributed by atoms with E-state index in [0.29, 0.717) is 23.5 Å². The first kappa shape index (κ1) is 26.6. The van der Waals surface area contributed by atoms with Crippen LogP contribution in [0.1, 0.15) is 46.0 Å². The van der Waals surface area contributed by atoms with E-state index in [0.717, 1.165) is 29.0 Å². The van der Waals surface area contributed by atoms with Crippen molar-refractivity contribution in [3.05, 3.63) is 41.4 Å². The summed E-state index contributed by atoms with van der Waals surface area (Å²) in [5.41, 5.74) is 0. The number of carbonyl (C=O) groups is 3. The van der Waals surface area contributed by atoms with E-state index in [9.17, 15) is 22.8 Å². The summed E-state index contributed by atoms with van der Waals surface area (Å²) >= 11 is 6.05. The summed E-state index contributed by atoms with van der Waals surface area (Å²) < 4.78 is 28.6. The topological polar surface area (TPSA) is 95.1 Å². The Morgan fingerprint density at radius 1 is 1.06 bits per heavy atom. The summed E-state index contributed by atoms with van der Waals surface area (Å²) in [6.45, 7) is 4.57. The molecule has 4 rings (SSSR count). The van der Waals surface area contributed by atoms with Gasteiger partial charge in [-0.3, -0.25) is 14.4 Å². The molecule has 8 nitrogen and oxygen atoms in total. The Kier molecular flexibility index (Phi) is 8.02. The van der Waals surface area contributed by atoms with Crippen molar-refractivity contribution < 1.29 is 22.8 Å². The lowest BCUT2D eigenvalue weighted by Gasteiger charge is -2.33. The average Bonchev–Trinajstić information content (AvgIpc) is 3.26. The van der Waals surface area contributed by atoms with Crippen LogP contribution in [0.3, 0.4) is 0 Å². The first-order valence-electron chi connectivity index (χ1n) is 12.5. The number of hydrogen-bond acceptors (Lipinski definition) is 5. The lowest BCUT2D eigenvalue weighted by Crippen LogP contribution is -2.52. The zero-order chi connectivity index (χ0) is 26.0. The van der Waals surface area contributed by atoms with Gasteiger partial charge in [0.05, 0.1) is 11.4 Å². The molecule has 0 aliphatic carbocycles. The van der Waals surface area contributed by atoms with Gasteiger partial charge < -0.3 is 9.80 Å². The van der Waals surface area contributed by atoms with Gasteiger partial charge in [0.1, 0.15) is 17.9 Å². The smallest absolute Gasteiger partial charge is 0.245 e. The maximum absolute atomic E-state index is 13.8. The molecule has 36 heavy (non-hydrogen) atoms. The maximum atomic E-state index is 13.8. The molecule has 0 N–H and O–H groups in total. The molecule has 2 fully saturated rings. The summed E-state index contributed by atoms with van der Waals surface area (Å²) in [4.78, 5) is 42.2. The lowest BCUT2D eigenvalue weighted by atomic mass is 10.1. The Labute approximate surface area is 217 Å². The minimum Gasteiger partial charge on any atom is -0.341 e. The molecule has 2 atom stereocenters. The fourth-order valence-corrected chi connectivity index (χ4v) is 6.80. The van der Waals surface area contributed by atoms with Crippen LogP contribution in [0.2, 0.25) is 5.02 Å². The molecule has 2 aromatic rings. The normalized spacial score (nSPS) is 19.8. The van der Waals surface area contributed by atoms with Gasteiger partial charge in [-0.15, -0.1) is 0 Å². The van der Waals surface area contributed by atoms with Crippen LogP contribution in [0.25, 0.3) is 10.8 Å². The highest BCUT2D eigenvalue weighted by molar-refractivity contribution is 7.89. The van der Waals surface area contributed by atoms with Crippen molar-refractivity contribution in [3.63, 3.8) is 0 Å². The standard InChI is InChI=1S/C26H32ClN3O5S/c1-3-22(31)17-30(36(34,35)23-10-8-19-15-21(27)9-7-20(19)16-23)24-11-14-29(26(24)33)18(2)25(32)28-12-5-4-6-13-28/h7-10,15-16,18,24H,3-6,11-14,17H2,1-2H3/t18-,24-/m0/s1. The molecule has 0 spiro atoms. The third-order valence-corrected chi connectivity index (χ3v) is 9.24. The SMILES string of the molecule is CCC(=O)CN([C@H]1CCN([C@@H](C)C(=O)N2CCCCC2)C1=O)S(=O)(=O)c1ccc2cc(Cl)ccc2c1. The van der Waals surface area contributed by atoms with E-state index in [-0.39, 0.29) is 36.0 Å². The van der Waals surface area contributed by atoms with Crippen LogP contribution >= 0.6 is 11.6 Å². The molecule has 0 bridgehead atoms. The highest BCUT2D eigenvalue weighted by Crippen LogP contribution is 2.29. The third-order valence-electron chi connectivity index (χ3n) is 7.16. The van der Waals surface area contributed by atoms with Gasteiger partial charge in [-0.05, 0) is 67.6 Å². The van der Waals surface area contributed by atoms with Gasteiger partial charge in [0.15, 0.2) is 0 Å². The van der Waals surface area contributed by atoms with Crippen LogP contribution in [0, 0.1) is 0 Å². The van der Waals surface area contributed by atoms with Crippen molar-refractivity contribution in [3.8, 4) is 0 Å². The molecule has 10 heteroatoms. The average molecular weight is 534 g/mol. The Morgan fingerprint density at radius 3 is 2.42 bits per heavy atom. The minimum atomic E-state index is -4.18. The quantitative estimate of drug-likeness (QED) is 0.518. The van der Waals surface area contributed by atoms with Gasteiger partial charge in [0.2, 0.25) is 21.8 Å². The number of sulfonamides is 1. The number of hydrogen-bond donors (Lipinski definition) is 0. The number of benzene rings is 2. The second-order valence-electron chi connectivity index (χ2n) is 9.49. The van der Waals surface area contributed by atoms with Gasteiger partial charge in [-0.25, -0.2) is 8.42 Å². The summed E-state index contributed by atoms with van der Waals surface area (Å²) in [6.07, 6.45) is 3.34. The van der Waals surface area contributed by atoms with E-state index in [1.807, 2.05) is 0 Å². The van der Waals surface area contributed by atoms with Gasteiger partial charge in [-0.2, -0.15) is 4.31 Å². The van der Waals surface area contributed by atoms with Crippen molar-refractivity contribution in [1.29, 1.82) is 0 Å². The third kappa shape index (κ3) is 5.28. The molecule has 2 saturated heterocycles. The molecule has 2 amide bonds. The second kappa shape index (κ2) is 10.9. The van der Waals surface area contributed by atoms with Gasteiger partial charge in [0.25, 0.3) is 0 Å². The number of likely N-dealkylation sites (tertiary alicyclic amines) is 2. The van der Waals surface area contributed by atoms with Crippen LogP contribution in [-0.4, -0.2) is 78.4 Å². The van der Waals surface area contributed by atoms with Crippen LogP contribution in [-0.2, 0) is 24.4 Å². The van der Waals surface area contributed by atoms with Crippen LogP contribution in [0.15, 0.2) is 41.3 Å². The molecule has 0 aromatic heterocycles. The summed E-state index contributed by atoms with van der Waals surface area (Å²) in [5.74, 6) is -0.835. The van der Waals surface area contributed by atoms with Crippen molar-refractivity contribution >= 4 is 50.0 Å². The largest absolute Gasteiger partial charge is 0.341 e. The maximum Gasteiger partial charge on any atom is 0.245 e. The highest BCUT2D eigenvalue weighted by Gasteiger charge is 2.45. The Hall–Kier alpha value is -2.49. The van der Waals surface area contributed by atoms with Crippen LogP contribution < -0.4 is 0 Å². The molecule has 2 aliphatic heterocycles. The Balaban J connectivity index is 1.62. The van der Waals surface area contributed by atoms with E-state index < -0.39 is 34.6 Å². The van der Waals surface area contributed by atoms with E-state index in [2.05, 4.69) is 0 Å². The number of rotatable bonds is 8. The molecule has 0 unspecified atom stereocenters. The molecule has 2 aromatic carbocycles. The highest BCUT2D eigenvalue weighted by atomic mass is 35.5. The molecular weight excluding hydrogens is 502 g/mol. The summed E-state index contributed by atoms with van der Waals surface area (Å²) in [7, 11) is -4.18. The number of carbonyl (C=O) groups excluding carboxylic acids is 3. The summed E-state index contributed by atoms with van der Waals surface area (Å²) in [6, 6.07) is 8.09. The van der Waals surface area contributed by atoms with Gasteiger partial charge in [0, 0.05) is 31.1 Å². The van der Waals surface area contributed by atoms with E-state index in [1.54, 1.807) is 43.0 Å². The molecule has 2 heterocycles. The van der Waals surface area contributed by atoms with Crippen molar-refractivity contribution in [2.24, 2.45) is 0 Å².